The van der Waals surface area contributed by atoms with Crippen molar-refractivity contribution in [3.8, 4) is 11.4 Å². The number of H-pyrrole nitrogens is 1. The minimum atomic E-state index is -3.65. The number of nitrogens with zero attached hydrogens (tertiary/aromatic N) is 4. The Morgan fingerprint density at radius 2 is 1.92 bits per heavy atom. The Bertz CT molecular complexity index is 1520. The van der Waals surface area contributed by atoms with Crippen molar-refractivity contribution in [2.24, 2.45) is 0 Å². The number of sulfonamides is 1. The molecule has 1 saturated heterocycles. The summed E-state index contributed by atoms with van der Waals surface area (Å²) >= 11 is 1.34. The molecule has 0 aliphatic carbocycles. The first kappa shape index (κ1) is 25.7. The lowest BCUT2D eigenvalue weighted by Gasteiger charge is -2.26. The highest BCUT2D eigenvalue weighted by Crippen LogP contribution is 2.31. The standard InChI is InChI=1S/C26H29N5O4S2/c1-3-18(2)31-25(19-7-6-8-20(15-19)37(33,34)30-11-13-35-14-12-30)28-29-26(31)36-17-24(32)22-16-27-23-10-5-4-9-21(22)23/h4-10,15-16,18,27H,3,11-14,17H2,1-2H3. The number of nitrogens with one attached hydrogen (secondary N) is 1. The second kappa shape index (κ2) is 10.8. The Labute approximate surface area is 220 Å². The van der Waals surface area contributed by atoms with Crippen LogP contribution in [0, 0.1) is 0 Å². The number of benzene rings is 2. The predicted molar refractivity (Wildman–Crippen MR) is 143 cm³/mol. The van der Waals surface area contributed by atoms with Gasteiger partial charge in [-0.05, 0) is 31.5 Å². The monoisotopic (exact) mass is 539 g/mol. The molecule has 4 aromatic rings. The molecular weight excluding hydrogens is 510 g/mol. The summed E-state index contributed by atoms with van der Waals surface area (Å²) in [4.78, 5) is 16.4. The largest absolute Gasteiger partial charge is 0.379 e. The number of rotatable bonds is 9. The number of ether oxygens (including phenoxy) is 1. The van der Waals surface area contributed by atoms with Gasteiger partial charge in [0, 0.05) is 47.4 Å². The fraction of sp³-hybridized carbons (Fsp3) is 0.346. The zero-order valence-corrected chi connectivity index (χ0v) is 22.4. The Balaban J connectivity index is 1.42. The molecule has 1 atom stereocenters. The topological polar surface area (TPSA) is 110 Å². The van der Waals surface area contributed by atoms with Gasteiger partial charge in [0.2, 0.25) is 10.0 Å². The number of carbonyl (C=O) groups excluding carboxylic acids is 1. The number of ketones is 1. The van der Waals surface area contributed by atoms with Crippen LogP contribution in [-0.4, -0.2) is 70.3 Å². The highest BCUT2D eigenvalue weighted by molar-refractivity contribution is 7.99. The van der Waals surface area contributed by atoms with Gasteiger partial charge in [0.05, 0.1) is 23.9 Å². The maximum absolute atomic E-state index is 13.2. The zero-order valence-electron chi connectivity index (χ0n) is 20.8. The van der Waals surface area contributed by atoms with Gasteiger partial charge in [0.15, 0.2) is 16.8 Å². The molecule has 194 valence electrons. The van der Waals surface area contributed by atoms with Crippen molar-refractivity contribution in [2.75, 3.05) is 32.1 Å². The summed E-state index contributed by atoms with van der Waals surface area (Å²) in [7, 11) is -3.65. The SMILES string of the molecule is CCC(C)n1c(SCC(=O)c2c[nH]c3ccccc23)nnc1-c1cccc(S(=O)(=O)N2CCOCC2)c1. The molecule has 1 N–H and O–H groups in total. The highest BCUT2D eigenvalue weighted by atomic mass is 32.2. The molecule has 0 saturated carbocycles. The van der Waals surface area contributed by atoms with E-state index in [-0.39, 0.29) is 22.5 Å². The van der Waals surface area contributed by atoms with Gasteiger partial charge < -0.3 is 9.72 Å². The Morgan fingerprint density at radius 1 is 1.14 bits per heavy atom. The molecule has 37 heavy (non-hydrogen) atoms. The quantitative estimate of drug-likeness (QED) is 0.248. The summed E-state index contributed by atoms with van der Waals surface area (Å²) < 4.78 is 35.2. The molecule has 3 heterocycles. The average molecular weight is 540 g/mol. The van der Waals surface area contributed by atoms with Gasteiger partial charge in [-0.2, -0.15) is 4.31 Å². The van der Waals surface area contributed by atoms with Crippen LogP contribution in [0.1, 0.15) is 36.7 Å². The second-order valence-corrected chi connectivity index (χ2v) is 11.8. The van der Waals surface area contributed by atoms with Gasteiger partial charge in [-0.25, -0.2) is 8.42 Å². The van der Waals surface area contributed by atoms with Gasteiger partial charge in [-0.1, -0.05) is 49.0 Å². The molecule has 1 aliphatic heterocycles. The van der Waals surface area contributed by atoms with E-state index in [1.165, 1.54) is 16.1 Å². The van der Waals surface area contributed by atoms with Crippen LogP contribution in [-0.2, 0) is 14.8 Å². The van der Waals surface area contributed by atoms with Crippen LogP contribution >= 0.6 is 11.8 Å². The van der Waals surface area contributed by atoms with E-state index in [1.54, 1.807) is 24.4 Å². The van der Waals surface area contributed by atoms with Crippen LogP contribution in [0.3, 0.4) is 0 Å². The Kier molecular flexibility index (Phi) is 7.47. The smallest absolute Gasteiger partial charge is 0.243 e. The molecule has 0 amide bonds. The number of morpholine rings is 1. The van der Waals surface area contributed by atoms with Crippen LogP contribution in [0.25, 0.3) is 22.3 Å². The summed E-state index contributed by atoms with van der Waals surface area (Å²) in [6, 6.07) is 14.6. The predicted octanol–water partition coefficient (Wildman–Crippen LogP) is 4.39. The van der Waals surface area contributed by atoms with Gasteiger partial charge in [0.25, 0.3) is 0 Å². The van der Waals surface area contributed by atoms with Crippen LogP contribution < -0.4 is 0 Å². The number of fused-ring (bicyclic) bond motifs is 1. The lowest BCUT2D eigenvalue weighted by atomic mass is 10.1. The molecule has 0 bridgehead atoms. The molecule has 1 unspecified atom stereocenters. The van der Waals surface area contributed by atoms with Crippen molar-refractivity contribution < 1.29 is 17.9 Å². The fourth-order valence-corrected chi connectivity index (χ4v) is 6.77. The number of para-hydroxylation sites is 1. The molecule has 0 spiro atoms. The lowest BCUT2D eigenvalue weighted by Crippen LogP contribution is -2.40. The third kappa shape index (κ3) is 5.08. The second-order valence-electron chi connectivity index (χ2n) is 8.94. The number of carbonyl (C=O) groups is 1. The zero-order chi connectivity index (χ0) is 26.0. The van der Waals surface area contributed by atoms with E-state index in [4.69, 9.17) is 4.74 Å². The van der Waals surface area contributed by atoms with Gasteiger partial charge in [-0.3, -0.25) is 9.36 Å². The van der Waals surface area contributed by atoms with E-state index < -0.39 is 10.0 Å². The number of hydrogen-bond acceptors (Lipinski definition) is 7. The summed E-state index contributed by atoms with van der Waals surface area (Å²) in [6.45, 7) is 5.58. The molecule has 2 aromatic carbocycles. The lowest BCUT2D eigenvalue weighted by molar-refractivity contribution is 0.0730. The number of aromatic nitrogens is 4. The molecule has 0 radical (unpaired) electrons. The normalized spacial score (nSPS) is 15.7. The van der Waals surface area contributed by atoms with Crippen molar-refractivity contribution in [3.05, 3.63) is 60.3 Å². The van der Waals surface area contributed by atoms with Gasteiger partial charge in [0.1, 0.15) is 0 Å². The van der Waals surface area contributed by atoms with Gasteiger partial charge in [-0.15, -0.1) is 10.2 Å². The maximum Gasteiger partial charge on any atom is 0.243 e. The van der Waals surface area contributed by atoms with E-state index in [0.29, 0.717) is 48.4 Å². The third-order valence-corrected chi connectivity index (χ3v) is 9.46. The summed E-state index contributed by atoms with van der Waals surface area (Å²) in [6.07, 6.45) is 2.57. The van der Waals surface area contributed by atoms with Crippen LogP contribution in [0.15, 0.2) is 64.8 Å². The molecule has 1 fully saturated rings. The highest BCUT2D eigenvalue weighted by Gasteiger charge is 2.27. The van der Waals surface area contributed by atoms with Crippen molar-refractivity contribution in [2.45, 2.75) is 36.4 Å². The first-order chi connectivity index (χ1) is 17.9. The molecule has 11 heteroatoms. The van der Waals surface area contributed by atoms with E-state index in [1.807, 2.05) is 34.9 Å². The van der Waals surface area contributed by atoms with E-state index in [9.17, 15) is 13.2 Å². The number of thioether (sulfide) groups is 1. The summed E-state index contributed by atoms with van der Waals surface area (Å²) in [5.41, 5.74) is 2.24. The molecule has 2 aromatic heterocycles. The van der Waals surface area contributed by atoms with E-state index in [2.05, 4.69) is 29.0 Å². The fourth-order valence-electron chi connectivity index (χ4n) is 4.39. The van der Waals surface area contributed by atoms with Crippen molar-refractivity contribution in [3.63, 3.8) is 0 Å². The van der Waals surface area contributed by atoms with Crippen molar-refractivity contribution in [1.29, 1.82) is 0 Å². The Morgan fingerprint density at radius 3 is 2.70 bits per heavy atom. The summed E-state index contributed by atoms with van der Waals surface area (Å²) in [5, 5.41) is 10.3. The molecule has 1 aliphatic rings. The van der Waals surface area contributed by atoms with E-state index >= 15 is 0 Å². The third-order valence-electron chi connectivity index (χ3n) is 6.62. The van der Waals surface area contributed by atoms with Crippen molar-refractivity contribution >= 4 is 38.5 Å². The van der Waals surface area contributed by atoms with Crippen molar-refractivity contribution in [1.82, 2.24) is 24.1 Å². The molecule has 5 rings (SSSR count). The van der Waals surface area contributed by atoms with Gasteiger partial charge >= 0.3 is 0 Å². The number of aromatic amines is 1. The van der Waals surface area contributed by atoms with Crippen LogP contribution in [0.5, 0.6) is 0 Å². The first-order valence-corrected chi connectivity index (χ1v) is 14.7. The minimum absolute atomic E-state index is 0.00121. The Hall–Kier alpha value is -2.99. The molecular formula is C26H29N5O4S2. The number of Topliss-reactive ketones (excluding diaryl/α,β-unsaturated/α-hetero) is 1. The average Bonchev–Trinajstić information content (AvgIpc) is 3.56. The van der Waals surface area contributed by atoms with Crippen LogP contribution in [0.2, 0.25) is 0 Å². The summed E-state index contributed by atoms with van der Waals surface area (Å²) in [5.74, 6) is 0.790. The van der Waals surface area contributed by atoms with E-state index in [0.717, 1.165) is 17.3 Å². The first-order valence-electron chi connectivity index (χ1n) is 12.3. The minimum Gasteiger partial charge on any atom is -0.379 e. The maximum atomic E-state index is 13.2. The van der Waals surface area contributed by atoms with Crippen LogP contribution in [0.4, 0.5) is 0 Å². The molecule has 9 nitrogen and oxygen atoms in total. The number of hydrogen-bond donors (Lipinski definition) is 1.